The van der Waals surface area contributed by atoms with Crippen LogP contribution in [0, 0.1) is 46.7 Å². The first-order chi connectivity index (χ1) is 15.8. The number of benzene rings is 2. The molecule has 0 unspecified atom stereocenters. The molecule has 1 aliphatic rings. The Morgan fingerprint density at radius 1 is 1.03 bits per heavy atom. The van der Waals surface area contributed by atoms with E-state index in [1.165, 1.54) is 18.2 Å². The molecule has 2 aromatic rings. The van der Waals surface area contributed by atoms with Crippen LogP contribution in [0.2, 0.25) is 0 Å². The predicted molar refractivity (Wildman–Crippen MR) is 114 cm³/mol. The number of halogens is 1. The van der Waals surface area contributed by atoms with E-state index in [4.69, 9.17) is 9.47 Å². The number of hydrogen-bond donors (Lipinski definition) is 1. The molecule has 0 spiro atoms. The molecule has 0 amide bonds. The third-order valence-corrected chi connectivity index (χ3v) is 6.02. The summed E-state index contributed by atoms with van der Waals surface area (Å²) in [4.78, 5) is 25.7. The van der Waals surface area contributed by atoms with Gasteiger partial charge in [-0.25, -0.2) is 9.18 Å². The number of nitriles is 2. The van der Waals surface area contributed by atoms with Crippen molar-refractivity contribution < 1.29 is 28.6 Å². The van der Waals surface area contributed by atoms with Gasteiger partial charge in [0.1, 0.15) is 17.5 Å². The lowest BCUT2D eigenvalue weighted by molar-refractivity contribution is -0.147. The number of rotatable bonds is 4. The van der Waals surface area contributed by atoms with Gasteiger partial charge in [0.25, 0.3) is 0 Å². The quantitative estimate of drug-likeness (QED) is 0.706. The molecular weight excluding hydrogens is 427 g/mol. The number of hydrogen-bond acceptors (Lipinski definition) is 7. The minimum atomic E-state index is -2.17. The van der Waals surface area contributed by atoms with Crippen molar-refractivity contribution in [2.75, 3.05) is 14.2 Å². The molecular formula is C25H21FN2O5. The Bertz CT molecular complexity index is 1190. The predicted octanol–water partition coefficient (Wildman–Crippen LogP) is 3.82. The molecule has 8 heteroatoms. The number of aryl methyl sites for hydroxylation is 1. The lowest BCUT2D eigenvalue weighted by Gasteiger charge is -2.44. The normalized spacial score (nSPS) is 21.5. The molecule has 0 saturated heterocycles. The molecule has 0 fully saturated rings. The Kier molecular flexibility index (Phi) is 6.50. The summed E-state index contributed by atoms with van der Waals surface area (Å²) < 4.78 is 24.7. The number of esters is 2. The van der Waals surface area contributed by atoms with E-state index >= 15 is 4.39 Å². The van der Waals surface area contributed by atoms with Crippen molar-refractivity contribution in [3.8, 4) is 12.1 Å². The average molecular weight is 448 g/mol. The first kappa shape index (κ1) is 23.5. The van der Waals surface area contributed by atoms with Crippen LogP contribution < -0.4 is 0 Å². The number of carbonyl (C=O) groups excluding carboxylic acids is 2. The van der Waals surface area contributed by atoms with Gasteiger partial charge in [0.2, 0.25) is 0 Å². The Morgan fingerprint density at radius 3 is 2.15 bits per heavy atom. The van der Waals surface area contributed by atoms with Crippen LogP contribution in [0.4, 0.5) is 4.39 Å². The van der Waals surface area contributed by atoms with Crippen LogP contribution in [-0.2, 0) is 19.1 Å². The molecule has 0 bridgehead atoms. The van der Waals surface area contributed by atoms with Crippen molar-refractivity contribution in [2.45, 2.75) is 18.8 Å². The number of methoxy groups -OCH3 is 2. The van der Waals surface area contributed by atoms with Gasteiger partial charge in [-0.2, -0.15) is 10.5 Å². The fourth-order valence-corrected chi connectivity index (χ4v) is 4.48. The van der Waals surface area contributed by atoms with E-state index in [0.717, 1.165) is 25.8 Å². The van der Waals surface area contributed by atoms with E-state index in [1.807, 2.05) is 19.1 Å². The van der Waals surface area contributed by atoms with E-state index in [-0.39, 0.29) is 5.56 Å². The van der Waals surface area contributed by atoms with E-state index in [0.29, 0.717) is 5.56 Å². The van der Waals surface area contributed by atoms with E-state index in [2.05, 4.69) is 0 Å². The van der Waals surface area contributed by atoms with Gasteiger partial charge < -0.3 is 14.6 Å². The molecule has 0 heterocycles. The fourth-order valence-electron chi connectivity index (χ4n) is 4.48. The molecule has 33 heavy (non-hydrogen) atoms. The average Bonchev–Trinajstić information content (AvgIpc) is 2.83. The summed E-state index contributed by atoms with van der Waals surface area (Å²) in [6, 6.07) is 15.9. The van der Waals surface area contributed by atoms with Gasteiger partial charge in [-0.3, -0.25) is 4.79 Å². The van der Waals surface area contributed by atoms with Crippen LogP contribution in [-0.4, -0.2) is 31.3 Å². The molecule has 3 atom stereocenters. The van der Waals surface area contributed by atoms with Gasteiger partial charge >= 0.3 is 11.9 Å². The Labute approximate surface area is 190 Å². The highest BCUT2D eigenvalue weighted by Crippen LogP contribution is 2.59. The summed E-state index contributed by atoms with van der Waals surface area (Å²) in [5, 5.41) is 32.0. The number of ether oxygens (including phenoxy) is 2. The highest BCUT2D eigenvalue weighted by atomic mass is 19.1. The monoisotopic (exact) mass is 448 g/mol. The smallest absolute Gasteiger partial charge is 0.337 e. The maximum Gasteiger partial charge on any atom is 0.337 e. The summed E-state index contributed by atoms with van der Waals surface area (Å²) in [5.41, 5.74) is -1.51. The second-order valence-electron chi connectivity index (χ2n) is 7.73. The number of aliphatic hydroxyl groups excluding tert-OH is 1. The van der Waals surface area contributed by atoms with Gasteiger partial charge in [0.15, 0.2) is 5.41 Å². The highest BCUT2D eigenvalue weighted by Gasteiger charge is 2.62. The molecule has 0 aromatic heterocycles. The Balaban J connectivity index is 2.51. The molecule has 1 N–H and O–H groups in total. The first-order valence-electron chi connectivity index (χ1n) is 10.00. The van der Waals surface area contributed by atoms with Crippen molar-refractivity contribution in [3.05, 3.63) is 82.4 Å². The maximum atomic E-state index is 15.0. The number of nitrogens with zero attached hydrogens (tertiary/aromatic N) is 2. The lowest BCUT2D eigenvalue weighted by atomic mass is 9.54. The fraction of sp³-hybridized carbons (Fsp3) is 0.280. The zero-order valence-electron chi connectivity index (χ0n) is 18.2. The third-order valence-electron chi connectivity index (χ3n) is 6.02. The largest absolute Gasteiger partial charge is 0.511 e. The van der Waals surface area contributed by atoms with Crippen LogP contribution in [0.5, 0.6) is 0 Å². The van der Waals surface area contributed by atoms with Crippen LogP contribution in [0.15, 0.2) is 59.9 Å². The van der Waals surface area contributed by atoms with Crippen LogP contribution in [0.1, 0.15) is 28.5 Å². The van der Waals surface area contributed by atoms with Crippen molar-refractivity contribution in [2.24, 2.45) is 11.3 Å². The lowest BCUT2D eigenvalue weighted by Crippen LogP contribution is -2.47. The molecule has 2 aromatic carbocycles. The molecule has 168 valence electrons. The summed E-state index contributed by atoms with van der Waals surface area (Å²) in [5.74, 6) is -8.07. The van der Waals surface area contributed by atoms with Gasteiger partial charge in [0.05, 0.1) is 37.8 Å². The van der Waals surface area contributed by atoms with Gasteiger partial charge in [-0.1, -0.05) is 48.0 Å². The molecule has 0 saturated carbocycles. The molecule has 3 rings (SSSR count). The standard InChI is InChI=1S/C25H21FN2O5/c1-14-8-10-15(11-9-14)20-18(23(30)32-2)22(29)19(24(31)33-3)21(25(20,12-27)13-28)16-6-4-5-7-17(16)26/h4-11,19-21,29H,1-3H3/t19-,20+,21+/m1/s1. The molecule has 0 aliphatic heterocycles. The van der Waals surface area contributed by atoms with Crippen LogP contribution >= 0.6 is 0 Å². The zero-order chi connectivity index (χ0) is 24.3. The van der Waals surface area contributed by atoms with E-state index < -0.39 is 52.3 Å². The Hall–Kier alpha value is -4.17. The second-order valence-corrected chi connectivity index (χ2v) is 7.73. The number of aliphatic hydroxyl groups is 1. The van der Waals surface area contributed by atoms with Crippen molar-refractivity contribution in [1.82, 2.24) is 0 Å². The number of carbonyl (C=O) groups is 2. The topological polar surface area (TPSA) is 120 Å². The summed E-state index contributed by atoms with van der Waals surface area (Å²) in [7, 11) is 2.13. The summed E-state index contributed by atoms with van der Waals surface area (Å²) in [6.45, 7) is 1.83. The van der Waals surface area contributed by atoms with Gasteiger partial charge in [-0.05, 0) is 24.1 Å². The van der Waals surface area contributed by atoms with Crippen molar-refractivity contribution in [3.63, 3.8) is 0 Å². The van der Waals surface area contributed by atoms with E-state index in [9.17, 15) is 25.2 Å². The zero-order valence-corrected chi connectivity index (χ0v) is 18.2. The van der Waals surface area contributed by atoms with Crippen molar-refractivity contribution >= 4 is 11.9 Å². The van der Waals surface area contributed by atoms with E-state index in [1.54, 1.807) is 24.3 Å². The highest BCUT2D eigenvalue weighted by molar-refractivity contribution is 5.94. The van der Waals surface area contributed by atoms with Crippen molar-refractivity contribution in [1.29, 1.82) is 10.5 Å². The first-order valence-corrected chi connectivity index (χ1v) is 10.00. The Morgan fingerprint density at radius 2 is 1.64 bits per heavy atom. The van der Waals surface area contributed by atoms with Gasteiger partial charge in [-0.15, -0.1) is 0 Å². The van der Waals surface area contributed by atoms with Crippen LogP contribution in [0.3, 0.4) is 0 Å². The molecule has 7 nitrogen and oxygen atoms in total. The summed E-state index contributed by atoms with van der Waals surface area (Å²) >= 11 is 0. The molecule has 1 aliphatic carbocycles. The third kappa shape index (κ3) is 3.70. The SMILES string of the molecule is COC(=O)C1=C(O)[C@H](C(=O)OC)[C@H](c2ccccc2F)C(C#N)(C#N)[C@H]1c1ccc(C)cc1. The minimum absolute atomic E-state index is 0.136. The maximum absolute atomic E-state index is 15.0. The van der Waals surface area contributed by atoms with Crippen LogP contribution in [0.25, 0.3) is 0 Å². The molecule has 0 radical (unpaired) electrons. The van der Waals surface area contributed by atoms with Gasteiger partial charge in [0, 0.05) is 5.92 Å². The second kappa shape index (κ2) is 9.13. The minimum Gasteiger partial charge on any atom is -0.511 e. The summed E-state index contributed by atoms with van der Waals surface area (Å²) in [6.07, 6.45) is 0.